The summed E-state index contributed by atoms with van der Waals surface area (Å²) in [7, 11) is 0. The number of rotatable bonds is 2. The van der Waals surface area contributed by atoms with Crippen LogP contribution in [0.5, 0.6) is 0 Å². The molecule has 1 aliphatic heterocycles. The number of nitrogens with zero attached hydrogens (tertiary/aromatic N) is 4. The van der Waals surface area contributed by atoms with Gasteiger partial charge in [0.2, 0.25) is 0 Å². The van der Waals surface area contributed by atoms with Crippen molar-refractivity contribution in [2.24, 2.45) is 0 Å². The lowest BCUT2D eigenvalue weighted by molar-refractivity contribution is -0.155. The lowest BCUT2D eigenvalue weighted by Crippen LogP contribution is -2.27. The first kappa shape index (κ1) is 14.1. The van der Waals surface area contributed by atoms with Gasteiger partial charge in [-0.25, -0.2) is 9.67 Å². The van der Waals surface area contributed by atoms with Crippen LogP contribution in [0.3, 0.4) is 0 Å². The predicted octanol–water partition coefficient (Wildman–Crippen LogP) is 1.04. The number of aromatic nitrogens is 4. The minimum atomic E-state index is -0.551. The number of esters is 1. The SMILES string of the molecule is CC(C)(C)OC(=O)Cn1ncc2c(=O)n3c(nc21)SCC3. The third-order valence-electron chi connectivity index (χ3n) is 2.96. The Bertz CT molecular complexity index is 772. The Hall–Kier alpha value is -1.83. The summed E-state index contributed by atoms with van der Waals surface area (Å²) >= 11 is 1.53. The van der Waals surface area contributed by atoms with Crippen molar-refractivity contribution in [2.45, 2.75) is 44.6 Å². The van der Waals surface area contributed by atoms with Crippen LogP contribution in [-0.2, 0) is 22.6 Å². The molecule has 0 spiro atoms. The first-order valence-corrected chi connectivity index (χ1v) is 7.65. The summed E-state index contributed by atoms with van der Waals surface area (Å²) in [6.07, 6.45) is 1.46. The molecular weight excluding hydrogens is 292 g/mol. The van der Waals surface area contributed by atoms with E-state index in [4.69, 9.17) is 4.74 Å². The molecule has 0 aromatic carbocycles. The summed E-state index contributed by atoms with van der Waals surface area (Å²) in [5.74, 6) is 0.441. The van der Waals surface area contributed by atoms with Gasteiger partial charge in [-0.3, -0.25) is 14.2 Å². The second-order valence-electron chi connectivity index (χ2n) is 5.83. The van der Waals surface area contributed by atoms with Crippen LogP contribution in [0.4, 0.5) is 0 Å². The van der Waals surface area contributed by atoms with E-state index < -0.39 is 11.6 Å². The van der Waals surface area contributed by atoms with Gasteiger partial charge in [0, 0.05) is 12.3 Å². The van der Waals surface area contributed by atoms with E-state index >= 15 is 0 Å². The van der Waals surface area contributed by atoms with Gasteiger partial charge in [-0.15, -0.1) is 0 Å². The molecule has 2 aromatic heterocycles. The van der Waals surface area contributed by atoms with E-state index in [1.54, 1.807) is 25.3 Å². The summed E-state index contributed by atoms with van der Waals surface area (Å²) in [6.45, 7) is 6.03. The van der Waals surface area contributed by atoms with Crippen molar-refractivity contribution in [3.05, 3.63) is 16.6 Å². The largest absolute Gasteiger partial charge is 0.459 e. The fraction of sp³-hybridized carbons (Fsp3) is 0.538. The summed E-state index contributed by atoms with van der Waals surface area (Å²) in [5.41, 5.74) is -0.216. The van der Waals surface area contributed by atoms with E-state index in [9.17, 15) is 9.59 Å². The number of thioether (sulfide) groups is 1. The number of carbonyl (C=O) groups excluding carboxylic acids is 1. The summed E-state index contributed by atoms with van der Waals surface area (Å²) in [5, 5.41) is 5.21. The van der Waals surface area contributed by atoms with E-state index in [0.717, 1.165) is 5.75 Å². The first-order valence-electron chi connectivity index (χ1n) is 6.66. The van der Waals surface area contributed by atoms with E-state index in [-0.39, 0.29) is 12.1 Å². The smallest absolute Gasteiger partial charge is 0.328 e. The minimum absolute atomic E-state index is 0.0542. The summed E-state index contributed by atoms with van der Waals surface area (Å²) < 4.78 is 8.33. The minimum Gasteiger partial charge on any atom is -0.459 e. The molecule has 2 aromatic rings. The molecule has 3 heterocycles. The number of hydrogen-bond donors (Lipinski definition) is 0. The molecule has 0 N–H and O–H groups in total. The van der Waals surface area contributed by atoms with Crippen LogP contribution in [0.15, 0.2) is 16.1 Å². The third-order valence-corrected chi connectivity index (χ3v) is 3.92. The molecule has 0 radical (unpaired) electrons. The van der Waals surface area contributed by atoms with Crippen molar-refractivity contribution in [2.75, 3.05) is 5.75 Å². The third kappa shape index (κ3) is 2.67. The highest BCUT2D eigenvalue weighted by Crippen LogP contribution is 2.23. The summed E-state index contributed by atoms with van der Waals surface area (Å²) in [4.78, 5) is 28.6. The van der Waals surface area contributed by atoms with Gasteiger partial charge in [-0.2, -0.15) is 5.10 Å². The zero-order valence-electron chi connectivity index (χ0n) is 12.1. The van der Waals surface area contributed by atoms with Crippen LogP contribution in [-0.4, -0.2) is 36.7 Å². The Morgan fingerprint density at radius 3 is 2.95 bits per heavy atom. The molecule has 1 aliphatic rings. The zero-order chi connectivity index (χ0) is 15.2. The molecule has 0 unspecified atom stereocenters. The molecule has 0 aliphatic carbocycles. The normalized spacial score (nSPS) is 14.4. The maximum absolute atomic E-state index is 12.3. The Balaban J connectivity index is 1.96. The van der Waals surface area contributed by atoms with Crippen LogP contribution in [0.1, 0.15) is 20.8 Å². The monoisotopic (exact) mass is 308 g/mol. The fourth-order valence-corrected chi connectivity index (χ4v) is 3.12. The zero-order valence-corrected chi connectivity index (χ0v) is 12.9. The van der Waals surface area contributed by atoms with Crippen LogP contribution in [0, 0.1) is 0 Å². The Kier molecular flexibility index (Phi) is 3.27. The average Bonchev–Trinajstić information content (AvgIpc) is 2.95. The van der Waals surface area contributed by atoms with E-state index in [2.05, 4.69) is 10.1 Å². The van der Waals surface area contributed by atoms with Gasteiger partial charge < -0.3 is 4.74 Å². The Morgan fingerprint density at radius 2 is 2.24 bits per heavy atom. The molecule has 0 saturated carbocycles. The van der Waals surface area contributed by atoms with Crippen LogP contribution < -0.4 is 5.56 Å². The van der Waals surface area contributed by atoms with Crippen molar-refractivity contribution in [1.82, 2.24) is 19.3 Å². The maximum atomic E-state index is 12.3. The van der Waals surface area contributed by atoms with Crippen molar-refractivity contribution in [3.8, 4) is 0 Å². The van der Waals surface area contributed by atoms with Gasteiger partial charge in [0.05, 0.1) is 6.20 Å². The van der Waals surface area contributed by atoms with Gasteiger partial charge in [-0.05, 0) is 20.8 Å². The summed E-state index contributed by atoms with van der Waals surface area (Å²) in [6, 6.07) is 0. The molecule has 0 amide bonds. The highest BCUT2D eigenvalue weighted by molar-refractivity contribution is 7.99. The van der Waals surface area contributed by atoms with Crippen LogP contribution >= 0.6 is 11.8 Å². The van der Waals surface area contributed by atoms with E-state index in [1.165, 1.54) is 22.6 Å². The number of ether oxygens (including phenoxy) is 1. The number of fused-ring (bicyclic) bond motifs is 2. The van der Waals surface area contributed by atoms with Crippen molar-refractivity contribution in [3.63, 3.8) is 0 Å². The van der Waals surface area contributed by atoms with Crippen molar-refractivity contribution >= 4 is 28.8 Å². The fourth-order valence-electron chi connectivity index (χ4n) is 2.18. The van der Waals surface area contributed by atoms with Crippen molar-refractivity contribution in [1.29, 1.82) is 0 Å². The highest BCUT2D eigenvalue weighted by atomic mass is 32.2. The van der Waals surface area contributed by atoms with Gasteiger partial charge in [0.15, 0.2) is 10.8 Å². The van der Waals surface area contributed by atoms with E-state index in [1.807, 2.05) is 0 Å². The number of hydrogen-bond acceptors (Lipinski definition) is 6. The lowest BCUT2D eigenvalue weighted by atomic mass is 10.2. The molecule has 21 heavy (non-hydrogen) atoms. The maximum Gasteiger partial charge on any atom is 0.328 e. The quantitative estimate of drug-likeness (QED) is 0.609. The predicted molar refractivity (Wildman–Crippen MR) is 78.4 cm³/mol. The Labute approximate surface area is 125 Å². The number of carbonyl (C=O) groups is 1. The molecular formula is C13H16N4O3S. The molecule has 7 nitrogen and oxygen atoms in total. The molecule has 0 atom stereocenters. The highest BCUT2D eigenvalue weighted by Gasteiger charge is 2.22. The second kappa shape index (κ2) is 4.87. The second-order valence-corrected chi connectivity index (χ2v) is 6.89. The average molecular weight is 308 g/mol. The molecule has 0 fully saturated rings. The Morgan fingerprint density at radius 1 is 1.48 bits per heavy atom. The molecule has 8 heteroatoms. The van der Waals surface area contributed by atoms with Crippen LogP contribution in [0.25, 0.3) is 11.0 Å². The van der Waals surface area contributed by atoms with Gasteiger partial charge in [0.1, 0.15) is 17.5 Å². The standard InChI is InChI=1S/C13H16N4O3S/c1-13(2,3)20-9(18)7-17-10-8(6-14-17)11(19)16-4-5-21-12(16)15-10/h6H,4-5,7H2,1-3H3. The van der Waals surface area contributed by atoms with Gasteiger partial charge in [0.25, 0.3) is 5.56 Å². The molecule has 3 rings (SSSR count). The molecule has 112 valence electrons. The van der Waals surface area contributed by atoms with Gasteiger partial charge >= 0.3 is 5.97 Å². The van der Waals surface area contributed by atoms with E-state index in [0.29, 0.717) is 22.7 Å². The van der Waals surface area contributed by atoms with Crippen molar-refractivity contribution < 1.29 is 9.53 Å². The molecule has 0 saturated heterocycles. The molecule has 0 bridgehead atoms. The topological polar surface area (TPSA) is 79.0 Å². The lowest BCUT2D eigenvalue weighted by Gasteiger charge is -2.19. The van der Waals surface area contributed by atoms with Crippen LogP contribution in [0.2, 0.25) is 0 Å². The first-order chi connectivity index (χ1) is 9.85. The van der Waals surface area contributed by atoms with Gasteiger partial charge in [-0.1, -0.05) is 11.8 Å².